The van der Waals surface area contributed by atoms with Gasteiger partial charge in [-0.2, -0.15) is 0 Å². The SMILES string of the molecule is CCC1(C(=O)NC(C)(C)COC)CCCNC1. The summed E-state index contributed by atoms with van der Waals surface area (Å²) < 4.78 is 5.13. The fraction of sp³-hybridized carbons (Fsp3) is 0.923. The minimum absolute atomic E-state index is 0.161. The van der Waals surface area contributed by atoms with Crippen molar-refractivity contribution in [1.82, 2.24) is 10.6 Å². The van der Waals surface area contributed by atoms with Gasteiger partial charge in [0.15, 0.2) is 0 Å². The first-order chi connectivity index (χ1) is 7.96. The molecule has 0 bridgehead atoms. The van der Waals surface area contributed by atoms with Gasteiger partial charge in [0.2, 0.25) is 5.91 Å². The lowest BCUT2D eigenvalue weighted by atomic mass is 9.77. The van der Waals surface area contributed by atoms with Crippen molar-refractivity contribution in [2.24, 2.45) is 5.41 Å². The monoisotopic (exact) mass is 242 g/mol. The van der Waals surface area contributed by atoms with Gasteiger partial charge in [0.1, 0.15) is 0 Å². The van der Waals surface area contributed by atoms with E-state index in [0.29, 0.717) is 6.61 Å². The second kappa shape index (κ2) is 5.83. The first kappa shape index (κ1) is 14.5. The Bertz CT molecular complexity index is 258. The molecule has 1 amide bonds. The number of hydrogen-bond acceptors (Lipinski definition) is 3. The molecule has 100 valence electrons. The molecule has 1 saturated heterocycles. The molecule has 2 N–H and O–H groups in total. The van der Waals surface area contributed by atoms with Crippen LogP contribution in [0.4, 0.5) is 0 Å². The maximum Gasteiger partial charge on any atom is 0.227 e. The number of carbonyl (C=O) groups is 1. The molecule has 0 aromatic carbocycles. The predicted molar refractivity (Wildman–Crippen MR) is 68.9 cm³/mol. The zero-order chi connectivity index (χ0) is 12.9. The van der Waals surface area contributed by atoms with Gasteiger partial charge in [-0.3, -0.25) is 4.79 Å². The molecule has 0 aromatic rings. The summed E-state index contributed by atoms with van der Waals surface area (Å²) in [5.41, 5.74) is -0.533. The third kappa shape index (κ3) is 3.68. The molecule has 1 aliphatic heterocycles. The Morgan fingerprint density at radius 1 is 1.53 bits per heavy atom. The standard InChI is InChI=1S/C13H26N2O2/c1-5-13(7-6-8-14-9-13)11(16)15-12(2,3)10-17-4/h14H,5-10H2,1-4H3,(H,15,16). The molecule has 4 heteroatoms. The van der Waals surface area contributed by atoms with Gasteiger partial charge in [0.05, 0.1) is 17.6 Å². The van der Waals surface area contributed by atoms with Crippen molar-refractivity contribution >= 4 is 5.91 Å². The minimum Gasteiger partial charge on any atom is -0.382 e. The molecule has 1 unspecified atom stereocenters. The van der Waals surface area contributed by atoms with Crippen molar-refractivity contribution < 1.29 is 9.53 Å². The Labute approximate surface area is 104 Å². The van der Waals surface area contributed by atoms with Crippen LogP contribution in [0.15, 0.2) is 0 Å². The topological polar surface area (TPSA) is 50.4 Å². The molecule has 1 aliphatic rings. The Morgan fingerprint density at radius 3 is 2.71 bits per heavy atom. The third-order valence-electron chi connectivity index (χ3n) is 3.59. The van der Waals surface area contributed by atoms with E-state index in [1.807, 2.05) is 13.8 Å². The highest BCUT2D eigenvalue weighted by atomic mass is 16.5. The van der Waals surface area contributed by atoms with Crippen LogP contribution in [0.2, 0.25) is 0 Å². The van der Waals surface area contributed by atoms with Crippen LogP contribution >= 0.6 is 0 Å². The van der Waals surface area contributed by atoms with Gasteiger partial charge in [-0.05, 0) is 39.7 Å². The molecule has 1 heterocycles. The average Bonchev–Trinajstić information content (AvgIpc) is 2.29. The highest BCUT2D eigenvalue weighted by Gasteiger charge is 2.39. The van der Waals surface area contributed by atoms with Crippen LogP contribution in [-0.4, -0.2) is 38.3 Å². The number of nitrogens with one attached hydrogen (secondary N) is 2. The van der Waals surface area contributed by atoms with E-state index in [-0.39, 0.29) is 16.9 Å². The molecular formula is C13H26N2O2. The Morgan fingerprint density at radius 2 is 2.24 bits per heavy atom. The summed E-state index contributed by atoms with van der Waals surface area (Å²) in [7, 11) is 1.66. The summed E-state index contributed by atoms with van der Waals surface area (Å²) in [6.45, 7) is 8.43. The Kier molecular flexibility index (Phi) is 4.95. The van der Waals surface area contributed by atoms with E-state index < -0.39 is 0 Å². The number of rotatable bonds is 5. The van der Waals surface area contributed by atoms with Crippen LogP contribution in [-0.2, 0) is 9.53 Å². The summed E-state index contributed by atoms with van der Waals surface area (Å²) in [5, 5.41) is 6.45. The van der Waals surface area contributed by atoms with Gasteiger partial charge in [-0.1, -0.05) is 6.92 Å². The smallest absolute Gasteiger partial charge is 0.227 e. The summed E-state index contributed by atoms with van der Waals surface area (Å²) in [6.07, 6.45) is 2.94. The van der Waals surface area contributed by atoms with Crippen LogP contribution in [0.25, 0.3) is 0 Å². The molecule has 1 fully saturated rings. The van der Waals surface area contributed by atoms with E-state index >= 15 is 0 Å². The van der Waals surface area contributed by atoms with E-state index in [9.17, 15) is 4.79 Å². The van der Waals surface area contributed by atoms with Crippen LogP contribution in [0.1, 0.15) is 40.0 Å². The first-order valence-corrected chi connectivity index (χ1v) is 6.48. The molecule has 1 atom stereocenters. The Hall–Kier alpha value is -0.610. The van der Waals surface area contributed by atoms with Gasteiger partial charge < -0.3 is 15.4 Å². The van der Waals surface area contributed by atoms with Crippen molar-refractivity contribution in [3.63, 3.8) is 0 Å². The van der Waals surface area contributed by atoms with Gasteiger partial charge in [0.25, 0.3) is 0 Å². The van der Waals surface area contributed by atoms with Crippen molar-refractivity contribution in [1.29, 1.82) is 0 Å². The van der Waals surface area contributed by atoms with Crippen LogP contribution in [0.5, 0.6) is 0 Å². The Balaban J connectivity index is 2.66. The maximum absolute atomic E-state index is 12.4. The largest absolute Gasteiger partial charge is 0.382 e. The first-order valence-electron chi connectivity index (χ1n) is 6.48. The van der Waals surface area contributed by atoms with E-state index in [1.54, 1.807) is 7.11 Å². The van der Waals surface area contributed by atoms with Crippen LogP contribution in [0, 0.1) is 5.41 Å². The second-order valence-corrected chi connectivity index (χ2v) is 5.69. The van der Waals surface area contributed by atoms with Gasteiger partial charge in [-0.15, -0.1) is 0 Å². The van der Waals surface area contributed by atoms with Crippen LogP contribution < -0.4 is 10.6 Å². The van der Waals surface area contributed by atoms with Crippen molar-refractivity contribution in [3.8, 4) is 0 Å². The zero-order valence-electron chi connectivity index (χ0n) is 11.6. The van der Waals surface area contributed by atoms with Gasteiger partial charge in [0, 0.05) is 13.7 Å². The number of amides is 1. The summed E-state index contributed by atoms with van der Waals surface area (Å²) in [5.74, 6) is 0.161. The summed E-state index contributed by atoms with van der Waals surface area (Å²) >= 11 is 0. The number of piperidine rings is 1. The lowest BCUT2D eigenvalue weighted by Crippen LogP contribution is -2.56. The highest BCUT2D eigenvalue weighted by molar-refractivity contribution is 5.83. The lowest BCUT2D eigenvalue weighted by Gasteiger charge is -2.38. The quantitative estimate of drug-likeness (QED) is 0.764. The summed E-state index contributed by atoms with van der Waals surface area (Å²) in [4.78, 5) is 12.4. The molecule has 0 saturated carbocycles. The highest BCUT2D eigenvalue weighted by Crippen LogP contribution is 2.30. The van der Waals surface area contributed by atoms with Crippen molar-refractivity contribution in [3.05, 3.63) is 0 Å². The second-order valence-electron chi connectivity index (χ2n) is 5.69. The molecule has 1 rings (SSSR count). The number of ether oxygens (including phenoxy) is 1. The number of carbonyl (C=O) groups excluding carboxylic acids is 1. The van der Waals surface area contributed by atoms with E-state index in [1.165, 1.54) is 0 Å². The van der Waals surface area contributed by atoms with E-state index in [0.717, 1.165) is 32.4 Å². The molecule has 0 spiro atoms. The van der Waals surface area contributed by atoms with Crippen molar-refractivity contribution in [2.45, 2.75) is 45.6 Å². The fourth-order valence-corrected chi connectivity index (χ4v) is 2.46. The molecule has 0 aromatic heterocycles. The molecular weight excluding hydrogens is 216 g/mol. The molecule has 4 nitrogen and oxygen atoms in total. The average molecular weight is 242 g/mol. The summed E-state index contributed by atoms with van der Waals surface area (Å²) in [6, 6.07) is 0. The van der Waals surface area contributed by atoms with Crippen LogP contribution in [0.3, 0.4) is 0 Å². The van der Waals surface area contributed by atoms with E-state index in [4.69, 9.17) is 4.74 Å². The minimum atomic E-state index is -0.300. The number of hydrogen-bond donors (Lipinski definition) is 2. The molecule has 17 heavy (non-hydrogen) atoms. The third-order valence-corrected chi connectivity index (χ3v) is 3.59. The molecule has 0 aliphatic carbocycles. The predicted octanol–water partition coefficient (Wildman–Crippen LogP) is 1.31. The normalized spacial score (nSPS) is 25.6. The lowest BCUT2D eigenvalue weighted by molar-refractivity contribution is -0.134. The number of methoxy groups -OCH3 is 1. The van der Waals surface area contributed by atoms with Gasteiger partial charge in [-0.25, -0.2) is 0 Å². The molecule has 0 radical (unpaired) electrons. The van der Waals surface area contributed by atoms with E-state index in [2.05, 4.69) is 17.6 Å². The fourth-order valence-electron chi connectivity index (χ4n) is 2.46. The van der Waals surface area contributed by atoms with Gasteiger partial charge >= 0.3 is 0 Å². The van der Waals surface area contributed by atoms with Crippen molar-refractivity contribution in [2.75, 3.05) is 26.8 Å². The maximum atomic E-state index is 12.4. The zero-order valence-corrected chi connectivity index (χ0v) is 11.6.